The molecule has 1 N–H and O–H groups in total. The smallest absolute Gasteiger partial charge is 0.276 e. The number of hydrogen-bond donors (Lipinski definition) is 1. The van der Waals surface area contributed by atoms with E-state index in [1.165, 1.54) is 0 Å². The lowest BCUT2D eigenvalue weighted by Crippen LogP contribution is -2.59. The summed E-state index contributed by atoms with van der Waals surface area (Å²) < 4.78 is 1.64. The van der Waals surface area contributed by atoms with E-state index < -0.39 is 17.4 Å². The molecule has 1 aliphatic rings. The third-order valence-electron chi connectivity index (χ3n) is 7.55. The molecule has 3 heterocycles. The Morgan fingerprint density at radius 3 is 2.13 bits per heavy atom. The van der Waals surface area contributed by atoms with Gasteiger partial charge in [0.05, 0.1) is 28.8 Å². The number of rotatable bonds is 3. The highest BCUT2D eigenvalue weighted by Gasteiger charge is 2.41. The fourth-order valence-electron chi connectivity index (χ4n) is 5.95. The lowest BCUT2D eigenvalue weighted by atomic mass is 9.90. The maximum absolute atomic E-state index is 14.0. The molecule has 4 aromatic carbocycles. The lowest BCUT2D eigenvalue weighted by Gasteiger charge is -2.43. The van der Waals surface area contributed by atoms with E-state index in [2.05, 4.69) is 0 Å². The summed E-state index contributed by atoms with van der Waals surface area (Å²) in [6, 6.07) is 18.5. The van der Waals surface area contributed by atoms with Gasteiger partial charge in [-0.05, 0) is 62.6 Å². The highest BCUT2D eigenvalue weighted by molar-refractivity contribution is 6.31. The number of nitrogens with zero attached hydrogens (tertiary/aromatic N) is 4. The van der Waals surface area contributed by atoms with E-state index in [1.807, 2.05) is 63.2 Å². The van der Waals surface area contributed by atoms with Crippen molar-refractivity contribution < 1.29 is 14.7 Å². The summed E-state index contributed by atoms with van der Waals surface area (Å²) in [5, 5.41) is 16.5. The summed E-state index contributed by atoms with van der Waals surface area (Å²) in [5.41, 5.74) is 1.84. The van der Waals surface area contributed by atoms with Gasteiger partial charge in [0, 0.05) is 39.0 Å². The predicted molar refractivity (Wildman–Crippen MR) is 147 cm³/mol. The van der Waals surface area contributed by atoms with Crippen LogP contribution in [0.4, 0.5) is 0 Å². The molecule has 0 unspecified atom stereocenters. The molecule has 188 valence electrons. The fraction of sp³-hybridized carbons (Fsp3) is 0.200. The summed E-state index contributed by atoms with van der Waals surface area (Å²) in [6.07, 6.45) is 0. The number of carbonyl (C=O) groups excluding carboxylic acids is 2. The quantitative estimate of drug-likeness (QED) is 0.219. The minimum Gasteiger partial charge on any atom is -0.395 e. The second-order valence-corrected chi connectivity index (χ2v) is 10.7. The van der Waals surface area contributed by atoms with Gasteiger partial charge in [0.15, 0.2) is 0 Å². The van der Waals surface area contributed by atoms with Crippen molar-refractivity contribution in [1.82, 2.24) is 19.4 Å². The molecule has 0 aliphatic carbocycles. The van der Waals surface area contributed by atoms with Crippen molar-refractivity contribution in [1.29, 1.82) is 0 Å². The Balaban J connectivity index is 1.60. The van der Waals surface area contributed by atoms with Gasteiger partial charge in [-0.1, -0.05) is 24.3 Å². The average molecular weight is 505 g/mol. The van der Waals surface area contributed by atoms with Crippen LogP contribution in [0.3, 0.4) is 0 Å². The Bertz CT molecular complexity index is 2030. The molecule has 1 aliphatic heterocycles. The summed E-state index contributed by atoms with van der Waals surface area (Å²) in [4.78, 5) is 46.5. The molecule has 6 aromatic rings. The molecule has 2 amide bonds. The number of aliphatic hydroxyl groups is 1. The van der Waals surface area contributed by atoms with Crippen LogP contribution >= 0.6 is 0 Å². The number of hydrogen-bond acceptors (Lipinski definition) is 6. The first-order valence-electron chi connectivity index (χ1n) is 12.5. The van der Waals surface area contributed by atoms with E-state index in [-0.39, 0.29) is 18.7 Å². The first kappa shape index (κ1) is 22.8. The number of imide groups is 1. The zero-order valence-corrected chi connectivity index (χ0v) is 21.1. The standard InChI is InChI=1S/C30H24N4O4/c1-30(2,3)32(14-15-35)34-28(37)19-11-10-17-24-18(12-13-20(25(19)24)29(34)38)27(36)33-22-9-5-7-16-6-4-8-21(23(16)22)31-26(17)33/h4-13,35H,14-15H2,1-3H3. The van der Waals surface area contributed by atoms with Gasteiger partial charge in [-0.3, -0.25) is 18.8 Å². The number of amides is 2. The maximum atomic E-state index is 14.0. The van der Waals surface area contributed by atoms with Gasteiger partial charge in [-0.2, -0.15) is 0 Å². The summed E-state index contributed by atoms with van der Waals surface area (Å²) in [7, 11) is 0. The minimum absolute atomic E-state index is 0.116. The van der Waals surface area contributed by atoms with E-state index in [0.29, 0.717) is 38.3 Å². The van der Waals surface area contributed by atoms with Crippen LogP contribution < -0.4 is 5.56 Å². The van der Waals surface area contributed by atoms with Crippen LogP contribution in [0.5, 0.6) is 0 Å². The zero-order valence-electron chi connectivity index (χ0n) is 21.1. The summed E-state index contributed by atoms with van der Waals surface area (Å²) in [5.74, 6) is -0.963. The van der Waals surface area contributed by atoms with E-state index >= 15 is 0 Å². The predicted octanol–water partition coefficient (Wildman–Crippen LogP) is 4.35. The van der Waals surface area contributed by atoms with Crippen LogP contribution in [0, 0.1) is 0 Å². The van der Waals surface area contributed by atoms with Gasteiger partial charge in [0.2, 0.25) is 0 Å². The molecule has 0 spiro atoms. The molecule has 0 bridgehead atoms. The van der Waals surface area contributed by atoms with E-state index in [1.54, 1.807) is 27.6 Å². The number of pyridine rings is 1. The minimum atomic E-state index is -0.600. The monoisotopic (exact) mass is 504 g/mol. The Morgan fingerprint density at radius 1 is 0.816 bits per heavy atom. The van der Waals surface area contributed by atoms with E-state index in [4.69, 9.17) is 4.98 Å². The highest BCUT2D eigenvalue weighted by atomic mass is 16.3. The number of benzene rings is 4. The van der Waals surface area contributed by atoms with Crippen molar-refractivity contribution in [2.75, 3.05) is 13.2 Å². The van der Waals surface area contributed by atoms with Gasteiger partial charge < -0.3 is 5.11 Å². The first-order chi connectivity index (χ1) is 18.2. The topological polar surface area (TPSA) is 95.2 Å². The summed E-state index contributed by atoms with van der Waals surface area (Å²) >= 11 is 0. The third kappa shape index (κ3) is 2.81. The van der Waals surface area contributed by atoms with Crippen molar-refractivity contribution in [2.45, 2.75) is 26.3 Å². The van der Waals surface area contributed by atoms with Crippen molar-refractivity contribution in [2.24, 2.45) is 0 Å². The Hall–Kier alpha value is -4.40. The van der Waals surface area contributed by atoms with E-state index in [0.717, 1.165) is 26.8 Å². The van der Waals surface area contributed by atoms with Crippen LogP contribution in [-0.2, 0) is 0 Å². The average Bonchev–Trinajstić information content (AvgIpc) is 2.89. The summed E-state index contributed by atoms with van der Waals surface area (Å²) in [6.45, 7) is 5.54. The van der Waals surface area contributed by atoms with Gasteiger partial charge in [-0.25, -0.2) is 15.0 Å². The van der Waals surface area contributed by atoms with Gasteiger partial charge in [-0.15, -0.1) is 0 Å². The maximum Gasteiger partial charge on any atom is 0.276 e. The largest absolute Gasteiger partial charge is 0.395 e. The van der Waals surface area contributed by atoms with Crippen molar-refractivity contribution >= 4 is 60.8 Å². The molecule has 38 heavy (non-hydrogen) atoms. The van der Waals surface area contributed by atoms with Crippen LogP contribution in [0.1, 0.15) is 41.5 Å². The SMILES string of the molecule is CC(C)(C)N(CCO)N1C(=O)c2ccc3c(=O)n4c5cccc6cccc(nc4c4ccc(c2c34)C1=O)c65. The van der Waals surface area contributed by atoms with Crippen molar-refractivity contribution in [3.8, 4) is 0 Å². The number of β-amino-alcohol motifs (C(OH)–C–C–N with tert-alkyl or cyclic N) is 1. The number of aliphatic hydroxyl groups excluding tert-OH is 1. The number of hydrazine groups is 1. The zero-order chi connectivity index (χ0) is 26.5. The molecule has 0 saturated heterocycles. The molecule has 0 fully saturated rings. The molecule has 0 atom stereocenters. The second-order valence-electron chi connectivity index (χ2n) is 10.7. The van der Waals surface area contributed by atoms with Crippen molar-refractivity contribution in [3.63, 3.8) is 0 Å². The lowest BCUT2D eigenvalue weighted by molar-refractivity contribution is -0.0551. The molecule has 0 radical (unpaired) electrons. The first-order valence-corrected chi connectivity index (χ1v) is 12.5. The third-order valence-corrected chi connectivity index (χ3v) is 7.55. The Kier molecular flexibility index (Phi) is 4.53. The Morgan fingerprint density at radius 2 is 1.47 bits per heavy atom. The molecule has 8 heteroatoms. The molecule has 0 saturated carbocycles. The number of carbonyl (C=O) groups is 2. The molecular weight excluding hydrogens is 480 g/mol. The second kappa shape index (κ2) is 7.56. The van der Waals surface area contributed by atoms with Crippen LogP contribution in [0.15, 0.2) is 65.5 Å². The van der Waals surface area contributed by atoms with Crippen molar-refractivity contribution in [3.05, 3.63) is 82.1 Å². The van der Waals surface area contributed by atoms with Crippen LogP contribution in [-0.4, -0.2) is 55.0 Å². The molecule has 8 nitrogen and oxygen atoms in total. The van der Waals surface area contributed by atoms with Gasteiger partial charge in [0.1, 0.15) is 5.65 Å². The number of aromatic nitrogens is 2. The number of fused-ring (bicyclic) bond motifs is 3. The molecule has 2 aromatic heterocycles. The van der Waals surface area contributed by atoms with E-state index in [9.17, 15) is 19.5 Å². The van der Waals surface area contributed by atoms with Crippen LogP contribution in [0.2, 0.25) is 0 Å². The van der Waals surface area contributed by atoms with Gasteiger partial charge >= 0.3 is 0 Å². The highest BCUT2D eigenvalue weighted by Crippen LogP contribution is 2.38. The normalized spacial score (nSPS) is 14.4. The van der Waals surface area contributed by atoms with Gasteiger partial charge in [0.25, 0.3) is 17.4 Å². The molecule has 7 rings (SSSR count). The molecular formula is C30H24N4O4. The Labute approximate surface area is 216 Å². The van der Waals surface area contributed by atoms with Crippen LogP contribution in [0.25, 0.3) is 49.0 Å². The fourth-order valence-corrected chi connectivity index (χ4v) is 5.95.